The molecule has 2 aromatic heterocycles. The van der Waals surface area contributed by atoms with Crippen molar-refractivity contribution in [2.75, 3.05) is 11.1 Å². The van der Waals surface area contributed by atoms with Crippen molar-refractivity contribution in [1.82, 2.24) is 9.97 Å². The number of nitrogens with zero attached hydrogens (tertiary/aromatic N) is 2. The van der Waals surface area contributed by atoms with Crippen LogP contribution in [0.2, 0.25) is 5.02 Å². The number of carbonyl (C=O) groups is 1. The fraction of sp³-hybridized carbons (Fsp3) is 0.154. The molecule has 0 atom stereocenters. The largest absolute Gasteiger partial charge is 0.384 e. The maximum atomic E-state index is 12.1. The number of nitrogens with one attached hydrogen (secondary N) is 1. The summed E-state index contributed by atoms with van der Waals surface area (Å²) in [6.07, 6.45) is 0. The first-order valence-electron chi connectivity index (χ1n) is 5.64. The molecule has 2 rings (SSSR count). The summed E-state index contributed by atoms with van der Waals surface area (Å²) in [6, 6.07) is 6.76. The van der Waals surface area contributed by atoms with Crippen molar-refractivity contribution >= 4 is 29.1 Å². The van der Waals surface area contributed by atoms with Gasteiger partial charge in [-0.15, -0.1) is 0 Å². The number of nitrogen functional groups attached to an aromatic ring is 1. The second-order valence-corrected chi connectivity index (χ2v) is 4.60. The van der Waals surface area contributed by atoms with Gasteiger partial charge >= 0.3 is 0 Å². The van der Waals surface area contributed by atoms with Crippen LogP contribution in [0, 0.1) is 13.8 Å². The zero-order valence-corrected chi connectivity index (χ0v) is 11.3. The minimum atomic E-state index is -0.435. The molecule has 0 saturated carbocycles. The SMILES string of the molecule is Cc1cc(C)nc(NC(=O)c2nc(N)ccc2Cl)c1. The van der Waals surface area contributed by atoms with E-state index in [0.717, 1.165) is 11.3 Å². The standard InChI is InChI=1S/C13H13ClN4O/c1-7-5-8(2)16-11(6-7)18-13(19)12-9(14)3-4-10(15)17-12/h3-6H,1-2H3,(H2,15,17)(H,16,18,19). The van der Waals surface area contributed by atoms with Gasteiger partial charge in [0.2, 0.25) is 0 Å². The number of rotatable bonds is 2. The highest BCUT2D eigenvalue weighted by Crippen LogP contribution is 2.17. The fourth-order valence-corrected chi connectivity index (χ4v) is 1.89. The Balaban J connectivity index is 2.28. The molecule has 3 N–H and O–H groups in total. The first-order valence-corrected chi connectivity index (χ1v) is 6.02. The average Bonchev–Trinajstić information content (AvgIpc) is 2.30. The van der Waals surface area contributed by atoms with Gasteiger partial charge in [0.25, 0.3) is 5.91 Å². The minimum Gasteiger partial charge on any atom is -0.384 e. The van der Waals surface area contributed by atoms with Crippen molar-refractivity contribution in [3.63, 3.8) is 0 Å². The van der Waals surface area contributed by atoms with Gasteiger partial charge in [-0.2, -0.15) is 0 Å². The molecule has 6 heteroatoms. The number of pyridine rings is 2. The van der Waals surface area contributed by atoms with E-state index < -0.39 is 5.91 Å². The van der Waals surface area contributed by atoms with Crippen LogP contribution in [0.4, 0.5) is 11.6 Å². The Morgan fingerprint density at radius 1 is 1.26 bits per heavy atom. The van der Waals surface area contributed by atoms with E-state index in [4.69, 9.17) is 17.3 Å². The Hall–Kier alpha value is -2.14. The summed E-state index contributed by atoms with van der Waals surface area (Å²) in [6.45, 7) is 3.78. The van der Waals surface area contributed by atoms with Gasteiger partial charge in [-0.05, 0) is 43.7 Å². The Morgan fingerprint density at radius 3 is 2.68 bits per heavy atom. The molecule has 19 heavy (non-hydrogen) atoms. The van der Waals surface area contributed by atoms with Crippen LogP contribution in [0.1, 0.15) is 21.7 Å². The van der Waals surface area contributed by atoms with Gasteiger partial charge in [-0.3, -0.25) is 4.79 Å². The molecule has 2 aromatic rings. The molecule has 0 aliphatic carbocycles. The van der Waals surface area contributed by atoms with Crippen LogP contribution in [0.3, 0.4) is 0 Å². The van der Waals surface area contributed by atoms with E-state index in [2.05, 4.69) is 15.3 Å². The van der Waals surface area contributed by atoms with Crippen molar-refractivity contribution in [2.24, 2.45) is 0 Å². The van der Waals surface area contributed by atoms with Crippen molar-refractivity contribution < 1.29 is 4.79 Å². The number of anilines is 2. The normalized spacial score (nSPS) is 10.3. The highest BCUT2D eigenvalue weighted by molar-refractivity contribution is 6.34. The van der Waals surface area contributed by atoms with E-state index in [-0.39, 0.29) is 16.5 Å². The third-order valence-corrected chi connectivity index (χ3v) is 2.73. The van der Waals surface area contributed by atoms with Crippen LogP contribution in [-0.2, 0) is 0 Å². The lowest BCUT2D eigenvalue weighted by molar-refractivity contribution is 0.102. The molecule has 0 spiro atoms. The molecule has 0 bridgehead atoms. The first-order chi connectivity index (χ1) is 8.95. The predicted molar refractivity (Wildman–Crippen MR) is 75.3 cm³/mol. The number of amides is 1. The van der Waals surface area contributed by atoms with Crippen LogP contribution in [0.15, 0.2) is 24.3 Å². The van der Waals surface area contributed by atoms with E-state index >= 15 is 0 Å². The molecule has 5 nitrogen and oxygen atoms in total. The summed E-state index contributed by atoms with van der Waals surface area (Å²) in [7, 11) is 0. The van der Waals surface area contributed by atoms with E-state index in [1.54, 1.807) is 6.07 Å². The lowest BCUT2D eigenvalue weighted by Crippen LogP contribution is -2.16. The second kappa shape index (κ2) is 5.24. The zero-order chi connectivity index (χ0) is 14.0. The Bertz CT molecular complexity index is 622. The van der Waals surface area contributed by atoms with E-state index in [0.29, 0.717) is 5.82 Å². The van der Waals surface area contributed by atoms with Gasteiger partial charge in [0.05, 0.1) is 5.02 Å². The van der Waals surface area contributed by atoms with Gasteiger partial charge in [-0.25, -0.2) is 9.97 Å². The maximum absolute atomic E-state index is 12.1. The Labute approximate surface area is 115 Å². The predicted octanol–water partition coefficient (Wildman–Crippen LogP) is 2.58. The molecule has 0 fully saturated rings. The molecule has 0 aromatic carbocycles. The van der Waals surface area contributed by atoms with Crippen LogP contribution in [0.25, 0.3) is 0 Å². The molecular formula is C13H13ClN4O. The highest BCUT2D eigenvalue weighted by Gasteiger charge is 2.13. The third-order valence-electron chi connectivity index (χ3n) is 2.42. The maximum Gasteiger partial charge on any atom is 0.277 e. The Morgan fingerprint density at radius 2 is 2.00 bits per heavy atom. The van der Waals surface area contributed by atoms with Crippen LogP contribution in [0.5, 0.6) is 0 Å². The smallest absolute Gasteiger partial charge is 0.277 e. The molecule has 0 aliphatic rings. The van der Waals surface area contributed by atoms with Gasteiger partial charge in [-0.1, -0.05) is 11.6 Å². The van der Waals surface area contributed by atoms with Crippen molar-refractivity contribution in [1.29, 1.82) is 0 Å². The third kappa shape index (κ3) is 3.20. The first kappa shape index (κ1) is 13.3. The number of carbonyl (C=O) groups excluding carboxylic acids is 1. The van der Waals surface area contributed by atoms with Gasteiger partial charge in [0, 0.05) is 5.69 Å². The number of nitrogens with two attached hydrogens (primary N) is 1. The Kier molecular flexibility index (Phi) is 3.66. The summed E-state index contributed by atoms with van der Waals surface area (Å²) in [5.41, 5.74) is 7.46. The summed E-state index contributed by atoms with van der Waals surface area (Å²) < 4.78 is 0. The van der Waals surface area contributed by atoms with E-state index in [1.807, 2.05) is 19.9 Å². The van der Waals surface area contributed by atoms with Crippen molar-refractivity contribution in [3.05, 3.63) is 46.2 Å². The molecule has 98 valence electrons. The average molecular weight is 277 g/mol. The highest BCUT2D eigenvalue weighted by atomic mass is 35.5. The summed E-state index contributed by atoms with van der Waals surface area (Å²) >= 11 is 5.92. The molecule has 0 radical (unpaired) electrons. The topological polar surface area (TPSA) is 80.9 Å². The molecular weight excluding hydrogens is 264 g/mol. The molecule has 2 heterocycles. The molecule has 1 amide bonds. The second-order valence-electron chi connectivity index (χ2n) is 4.19. The number of hydrogen-bond acceptors (Lipinski definition) is 4. The van der Waals surface area contributed by atoms with Crippen LogP contribution in [-0.4, -0.2) is 15.9 Å². The summed E-state index contributed by atoms with van der Waals surface area (Å²) in [5.74, 6) is 0.264. The number of aryl methyl sites for hydroxylation is 2. The van der Waals surface area contributed by atoms with E-state index in [1.165, 1.54) is 12.1 Å². The fourth-order valence-electron chi connectivity index (χ4n) is 1.70. The monoisotopic (exact) mass is 276 g/mol. The van der Waals surface area contributed by atoms with Crippen LogP contribution >= 0.6 is 11.6 Å². The van der Waals surface area contributed by atoms with Crippen molar-refractivity contribution in [2.45, 2.75) is 13.8 Å². The number of halogens is 1. The van der Waals surface area contributed by atoms with E-state index in [9.17, 15) is 4.79 Å². The molecule has 0 aliphatic heterocycles. The van der Waals surface area contributed by atoms with Gasteiger partial charge in [0.1, 0.15) is 17.3 Å². The number of aromatic nitrogens is 2. The van der Waals surface area contributed by atoms with Crippen molar-refractivity contribution in [3.8, 4) is 0 Å². The summed E-state index contributed by atoms with van der Waals surface area (Å²) in [4.78, 5) is 20.2. The van der Waals surface area contributed by atoms with Gasteiger partial charge in [0.15, 0.2) is 0 Å². The summed E-state index contributed by atoms with van der Waals surface area (Å²) in [5, 5.41) is 2.90. The van der Waals surface area contributed by atoms with Crippen LogP contribution < -0.4 is 11.1 Å². The lowest BCUT2D eigenvalue weighted by Gasteiger charge is -2.07. The molecule has 0 saturated heterocycles. The number of hydrogen-bond donors (Lipinski definition) is 2. The minimum absolute atomic E-state index is 0.0858. The molecule has 0 unspecified atom stereocenters. The zero-order valence-electron chi connectivity index (χ0n) is 10.6. The lowest BCUT2D eigenvalue weighted by atomic mass is 10.2. The quantitative estimate of drug-likeness (QED) is 0.883. The van der Waals surface area contributed by atoms with Gasteiger partial charge < -0.3 is 11.1 Å².